The number of carbonyl (C=O) groups is 1. The number of benzene rings is 1. The van der Waals surface area contributed by atoms with Gasteiger partial charge in [-0.2, -0.15) is 0 Å². The van der Waals surface area contributed by atoms with Gasteiger partial charge in [-0.25, -0.2) is 4.79 Å². The standard InChI is InChI=1S/C15H14N2O4S/c1-3-5-16(6-4-2)11-9-13-10(7-12(11)17(20)21)8-14(22-13)15(18)19/h3-4,7-9H,1-2,5-6H2,(H,18,19). The highest BCUT2D eigenvalue weighted by atomic mass is 32.1. The Morgan fingerprint density at radius 2 is 1.95 bits per heavy atom. The molecule has 0 atom stereocenters. The zero-order valence-corrected chi connectivity index (χ0v) is 12.5. The highest BCUT2D eigenvalue weighted by Crippen LogP contribution is 2.37. The van der Waals surface area contributed by atoms with Gasteiger partial charge in [-0.1, -0.05) is 12.2 Å². The van der Waals surface area contributed by atoms with E-state index in [1.807, 2.05) is 0 Å². The van der Waals surface area contributed by atoms with Gasteiger partial charge in [-0.3, -0.25) is 10.1 Å². The van der Waals surface area contributed by atoms with Crippen LogP contribution in [-0.4, -0.2) is 29.1 Å². The van der Waals surface area contributed by atoms with Crippen molar-refractivity contribution < 1.29 is 14.8 Å². The van der Waals surface area contributed by atoms with E-state index in [1.165, 1.54) is 12.1 Å². The third kappa shape index (κ3) is 2.99. The van der Waals surface area contributed by atoms with E-state index in [9.17, 15) is 14.9 Å². The lowest BCUT2D eigenvalue weighted by atomic mass is 10.2. The summed E-state index contributed by atoms with van der Waals surface area (Å²) in [5.41, 5.74) is 0.363. The van der Waals surface area contributed by atoms with Gasteiger partial charge in [0.2, 0.25) is 0 Å². The number of hydrogen-bond acceptors (Lipinski definition) is 5. The second-order valence-electron chi connectivity index (χ2n) is 4.53. The molecule has 2 aromatic rings. The van der Waals surface area contributed by atoms with Crippen molar-refractivity contribution in [3.8, 4) is 0 Å². The summed E-state index contributed by atoms with van der Waals surface area (Å²) in [6, 6.07) is 4.51. The molecule has 114 valence electrons. The summed E-state index contributed by atoms with van der Waals surface area (Å²) in [6.45, 7) is 8.16. The number of carboxylic acids is 1. The molecule has 0 radical (unpaired) electrons. The quantitative estimate of drug-likeness (QED) is 0.478. The number of fused-ring (bicyclic) bond motifs is 1. The summed E-state index contributed by atoms with van der Waals surface area (Å²) in [5, 5.41) is 20.9. The zero-order valence-electron chi connectivity index (χ0n) is 11.7. The Morgan fingerprint density at radius 1 is 1.32 bits per heavy atom. The van der Waals surface area contributed by atoms with E-state index < -0.39 is 10.9 Å². The third-order valence-electron chi connectivity index (χ3n) is 3.06. The molecule has 0 saturated heterocycles. The first-order valence-electron chi connectivity index (χ1n) is 6.40. The van der Waals surface area contributed by atoms with E-state index in [0.717, 1.165) is 11.3 Å². The van der Waals surface area contributed by atoms with Crippen LogP contribution in [0.2, 0.25) is 0 Å². The lowest BCUT2D eigenvalue weighted by Gasteiger charge is -2.21. The monoisotopic (exact) mass is 318 g/mol. The molecule has 6 nitrogen and oxygen atoms in total. The van der Waals surface area contributed by atoms with Crippen molar-refractivity contribution in [2.45, 2.75) is 0 Å². The second-order valence-corrected chi connectivity index (χ2v) is 5.62. The van der Waals surface area contributed by atoms with Gasteiger partial charge in [0.25, 0.3) is 5.69 Å². The predicted octanol–water partition coefficient (Wildman–Crippen LogP) is 3.69. The van der Waals surface area contributed by atoms with Crippen molar-refractivity contribution in [2.24, 2.45) is 0 Å². The van der Waals surface area contributed by atoms with Crippen molar-refractivity contribution in [1.29, 1.82) is 0 Å². The Morgan fingerprint density at radius 3 is 2.45 bits per heavy atom. The largest absolute Gasteiger partial charge is 0.477 e. The van der Waals surface area contributed by atoms with Gasteiger partial charge in [-0.05, 0) is 12.1 Å². The van der Waals surface area contributed by atoms with Crippen LogP contribution in [0.15, 0.2) is 43.5 Å². The first kappa shape index (κ1) is 15.7. The van der Waals surface area contributed by atoms with Crippen LogP contribution in [0.5, 0.6) is 0 Å². The number of anilines is 1. The average molecular weight is 318 g/mol. The molecular formula is C15H14N2O4S. The maximum Gasteiger partial charge on any atom is 0.345 e. The second kappa shape index (κ2) is 6.40. The normalized spacial score (nSPS) is 10.4. The zero-order chi connectivity index (χ0) is 16.3. The minimum Gasteiger partial charge on any atom is -0.477 e. The number of nitrogens with zero attached hydrogens (tertiary/aromatic N) is 2. The first-order valence-corrected chi connectivity index (χ1v) is 7.21. The molecule has 0 aliphatic carbocycles. The van der Waals surface area contributed by atoms with Gasteiger partial charge < -0.3 is 10.0 Å². The van der Waals surface area contributed by atoms with Crippen molar-refractivity contribution in [1.82, 2.24) is 0 Å². The molecule has 0 spiro atoms. The summed E-state index contributed by atoms with van der Waals surface area (Å²) in [7, 11) is 0. The Labute approximate surface area is 130 Å². The number of hydrogen-bond donors (Lipinski definition) is 1. The lowest BCUT2D eigenvalue weighted by molar-refractivity contribution is -0.384. The number of carboxylic acid groups (broad SMARTS) is 1. The highest BCUT2D eigenvalue weighted by molar-refractivity contribution is 7.20. The average Bonchev–Trinajstić information content (AvgIpc) is 2.88. The van der Waals surface area contributed by atoms with Gasteiger partial charge in [0, 0.05) is 29.2 Å². The molecule has 2 rings (SSSR count). The summed E-state index contributed by atoms with van der Waals surface area (Å²) < 4.78 is 0.691. The Kier molecular flexibility index (Phi) is 4.57. The third-order valence-corrected chi connectivity index (χ3v) is 4.15. The van der Waals surface area contributed by atoms with Crippen LogP contribution < -0.4 is 4.90 Å². The number of rotatable bonds is 7. The van der Waals surface area contributed by atoms with E-state index in [4.69, 9.17) is 5.11 Å². The molecule has 1 heterocycles. The number of thiophene rings is 1. The summed E-state index contributed by atoms with van der Waals surface area (Å²) >= 11 is 1.09. The van der Waals surface area contributed by atoms with E-state index in [1.54, 1.807) is 23.1 Å². The van der Waals surface area contributed by atoms with Crippen LogP contribution >= 0.6 is 11.3 Å². The van der Waals surface area contributed by atoms with Crippen LogP contribution in [0, 0.1) is 10.1 Å². The molecule has 1 N–H and O–H groups in total. The van der Waals surface area contributed by atoms with Crippen molar-refractivity contribution in [2.75, 3.05) is 18.0 Å². The topological polar surface area (TPSA) is 83.7 Å². The lowest BCUT2D eigenvalue weighted by Crippen LogP contribution is -2.23. The number of nitro benzene ring substituents is 1. The van der Waals surface area contributed by atoms with Crippen molar-refractivity contribution in [3.05, 3.63) is 58.5 Å². The molecule has 1 aromatic heterocycles. The van der Waals surface area contributed by atoms with Crippen LogP contribution in [-0.2, 0) is 0 Å². The maximum absolute atomic E-state index is 11.3. The molecule has 0 aliphatic heterocycles. The molecule has 22 heavy (non-hydrogen) atoms. The Balaban J connectivity index is 2.65. The van der Waals surface area contributed by atoms with Crippen LogP contribution in [0.3, 0.4) is 0 Å². The first-order chi connectivity index (χ1) is 10.5. The van der Waals surface area contributed by atoms with Crippen molar-refractivity contribution in [3.63, 3.8) is 0 Å². The van der Waals surface area contributed by atoms with Gasteiger partial charge >= 0.3 is 5.97 Å². The fourth-order valence-corrected chi connectivity index (χ4v) is 3.07. The molecule has 0 fully saturated rings. The molecule has 0 aliphatic rings. The van der Waals surface area contributed by atoms with Gasteiger partial charge in [0.1, 0.15) is 10.6 Å². The van der Waals surface area contributed by atoms with Crippen molar-refractivity contribution >= 4 is 38.8 Å². The van der Waals surface area contributed by atoms with Gasteiger partial charge in [0.15, 0.2) is 0 Å². The fraction of sp³-hybridized carbons (Fsp3) is 0.133. The molecule has 0 bridgehead atoms. The smallest absolute Gasteiger partial charge is 0.345 e. The summed E-state index contributed by atoms with van der Waals surface area (Å²) in [5.74, 6) is -1.04. The van der Waals surface area contributed by atoms with E-state index in [0.29, 0.717) is 28.9 Å². The SMILES string of the molecule is C=CCN(CC=C)c1cc2sc(C(=O)O)cc2cc1[N+](=O)[O-]. The number of aromatic carboxylic acids is 1. The van der Waals surface area contributed by atoms with Crippen LogP contribution in [0.25, 0.3) is 10.1 Å². The molecular weight excluding hydrogens is 304 g/mol. The number of nitro groups is 1. The molecule has 0 amide bonds. The minimum absolute atomic E-state index is 0.0639. The van der Waals surface area contributed by atoms with E-state index in [-0.39, 0.29) is 10.6 Å². The van der Waals surface area contributed by atoms with Crippen LogP contribution in [0.4, 0.5) is 11.4 Å². The summed E-state index contributed by atoms with van der Waals surface area (Å²) in [6.07, 6.45) is 3.29. The molecule has 7 heteroatoms. The fourth-order valence-electron chi connectivity index (χ4n) is 2.15. The Hall–Kier alpha value is -2.67. The molecule has 0 saturated carbocycles. The highest BCUT2D eigenvalue weighted by Gasteiger charge is 2.21. The molecule has 0 unspecified atom stereocenters. The Bertz CT molecular complexity index is 756. The molecule has 1 aromatic carbocycles. The maximum atomic E-state index is 11.3. The minimum atomic E-state index is -1.04. The van der Waals surface area contributed by atoms with E-state index in [2.05, 4.69) is 13.2 Å². The predicted molar refractivity (Wildman–Crippen MR) is 88.0 cm³/mol. The van der Waals surface area contributed by atoms with Gasteiger partial charge in [0.05, 0.1) is 4.92 Å². The van der Waals surface area contributed by atoms with Gasteiger partial charge in [-0.15, -0.1) is 24.5 Å². The summed E-state index contributed by atoms with van der Waals surface area (Å²) in [4.78, 5) is 23.8. The van der Waals surface area contributed by atoms with Crippen LogP contribution in [0.1, 0.15) is 9.67 Å². The van der Waals surface area contributed by atoms with E-state index >= 15 is 0 Å².